The van der Waals surface area contributed by atoms with Crippen molar-refractivity contribution in [1.82, 2.24) is 15.1 Å². The molecule has 2 rings (SSSR count). The molecule has 0 aliphatic carbocycles. The van der Waals surface area contributed by atoms with Gasteiger partial charge in [0.05, 0.1) is 11.4 Å². The number of halogens is 4. The fraction of sp³-hybridized carbons (Fsp3) is 0.375. The van der Waals surface area contributed by atoms with Crippen LogP contribution in [0.15, 0.2) is 18.2 Å². The maximum atomic E-state index is 12.5. The van der Waals surface area contributed by atoms with Crippen molar-refractivity contribution >= 4 is 46.2 Å². The van der Waals surface area contributed by atoms with E-state index in [1.54, 1.807) is 23.7 Å². The van der Waals surface area contributed by atoms with Crippen molar-refractivity contribution < 1.29 is 13.5 Å². The summed E-state index contributed by atoms with van der Waals surface area (Å²) in [5.41, 5.74) is 1.94. The minimum absolute atomic E-state index is 0.0307. The molecule has 0 saturated heterocycles. The Morgan fingerprint density at radius 3 is 2.69 bits per heavy atom. The number of benzene rings is 1. The molecule has 142 valence electrons. The fourth-order valence-corrected chi connectivity index (χ4v) is 2.82. The van der Waals surface area contributed by atoms with Crippen molar-refractivity contribution in [3.05, 3.63) is 39.6 Å². The maximum absolute atomic E-state index is 12.5. The van der Waals surface area contributed by atoms with Crippen LogP contribution in [0.4, 0.5) is 14.5 Å². The monoisotopic (exact) mass is 422 g/mol. The molecule has 5 nitrogen and oxygen atoms in total. The van der Waals surface area contributed by atoms with Gasteiger partial charge in [0.1, 0.15) is 15.9 Å². The number of aromatic nitrogens is 2. The third kappa shape index (κ3) is 5.69. The molecule has 0 amide bonds. The normalized spacial score (nSPS) is 10.9. The van der Waals surface area contributed by atoms with Crippen LogP contribution in [0.2, 0.25) is 10.2 Å². The van der Waals surface area contributed by atoms with Crippen molar-refractivity contribution in [3.8, 4) is 5.75 Å². The van der Waals surface area contributed by atoms with E-state index in [0.29, 0.717) is 46.2 Å². The number of thiocarbonyl (C=S) groups is 1. The Kier molecular flexibility index (Phi) is 7.43. The minimum Gasteiger partial charge on any atom is -0.433 e. The zero-order valence-electron chi connectivity index (χ0n) is 14.2. The number of ether oxygens (including phenoxy) is 1. The first-order valence-electron chi connectivity index (χ1n) is 7.76. The van der Waals surface area contributed by atoms with Gasteiger partial charge < -0.3 is 15.4 Å². The summed E-state index contributed by atoms with van der Waals surface area (Å²) < 4.78 is 31.1. The molecule has 1 aromatic carbocycles. The van der Waals surface area contributed by atoms with Crippen LogP contribution in [-0.4, -0.2) is 28.0 Å². The van der Waals surface area contributed by atoms with Crippen molar-refractivity contribution in [2.45, 2.75) is 33.4 Å². The number of nitrogens with zero attached hydrogens (tertiary/aromatic N) is 2. The molecule has 0 atom stereocenters. The quantitative estimate of drug-likeness (QED) is 0.496. The summed E-state index contributed by atoms with van der Waals surface area (Å²) in [6, 6.07) is 4.83. The highest BCUT2D eigenvalue weighted by molar-refractivity contribution is 7.80. The molecular formula is C16H18Cl2F2N4OS. The number of anilines is 1. The molecule has 1 heterocycles. The lowest BCUT2D eigenvalue weighted by Gasteiger charge is -2.15. The van der Waals surface area contributed by atoms with Crippen LogP contribution in [0.25, 0.3) is 0 Å². The molecule has 1 aromatic heterocycles. The lowest BCUT2D eigenvalue weighted by molar-refractivity contribution is -0.0493. The van der Waals surface area contributed by atoms with Gasteiger partial charge in [0.15, 0.2) is 5.11 Å². The predicted molar refractivity (Wildman–Crippen MR) is 104 cm³/mol. The van der Waals surface area contributed by atoms with E-state index in [9.17, 15) is 8.78 Å². The van der Waals surface area contributed by atoms with Crippen molar-refractivity contribution in [2.24, 2.45) is 0 Å². The highest BCUT2D eigenvalue weighted by Crippen LogP contribution is 2.27. The predicted octanol–water partition coefficient (Wildman–Crippen LogP) is 4.78. The van der Waals surface area contributed by atoms with Crippen LogP contribution < -0.4 is 15.4 Å². The van der Waals surface area contributed by atoms with E-state index in [0.717, 1.165) is 5.56 Å². The van der Waals surface area contributed by atoms with E-state index in [2.05, 4.69) is 20.5 Å². The molecule has 0 saturated carbocycles. The molecule has 0 bridgehead atoms. The standard InChI is InChI=1S/C16H18Cl2F2N4OS/c1-9-4-5-12(25-15(19)20)11(8-9)22-16(26)21-6-3-7-24-14(18)13(17)10(2)23-24/h4-5,8,15H,3,6-7H2,1-2H3,(H2,21,22,26). The highest BCUT2D eigenvalue weighted by Gasteiger charge is 2.12. The van der Waals surface area contributed by atoms with Crippen LogP contribution in [0.1, 0.15) is 17.7 Å². The molecule has 2 aromatic rings. The first-order valence-corrected chi connectivity index (χ1v) is 8.93. The second kappa shape index (κ2) is 9.34. The first kappa shape index (κ1) is 20.7. The zero-order chi connectivity index (χ0) is 19.3. The lowest BCUT2D eigenvalue weighted by Crippen LogP contribution is -2.30. The van der Waals surface area contributed by atoms with Crippen LogP contribution >= 0.6 is 35.4 Å². The Balaban J connectivity index is 1.85. The SMILES string of the molecule is Cc1ccc(OC(F)F)c(NC(=S)NCCCn2nc(C)c(Cl)c2Cl)c1. The largest absolute Gasteiger partial charge is 0.433 e. The number of hydrogen-bond donors (Lipinski definition) is 2. The van der Waals surface area contributed by atoms with Gasteiger partial charge in [-0.1, -0.05) is 29.3 Å². The Hall–Kier alpha value is -1.64. The van der Waals surface area contributed by atoms with Gasteiger partial charge in [-0.05, 0) is 50.2 Å². The molecular weight excluding hydrogens is 405 g/mol. The Bertz CT molecular complexity index is 786. The minimum atomic E-state index is -2.91. The molecule has 0 aliphatic heterocycles. The smallest absolute Gasteiger partial charge is 0.387 e. The fourth-order valence-electron chi connectivity index (χ4n) is 2.22. The number of alkyl halides is 2. The highest BCUT2D eigenvalue weighted by atomic mass is 35.5. The molecule has 0 aliphatic rings. The van der Waals surface area contributed by atoms with Gasteiger partial charge >= 0.3 is 6.61 Å². The Morgan fingerprint density at radius 2 is 2.08 bits per heavy atom. The summed E-state index contributed by atoms with van der Waals surface area (Å²) in [6.07, 6.45) is 0.688. The van der Waals surface area contributed by atoms with Gasteiger partial charge in [-0.15, -0.1) is 0 Å². The second-order valence-electron chi connectivity index (χ2n) is 5.53. The second-order valence-corrected chi connectivity index (χ2v) is 6.67. The van der Waals surface area contributed by atoms with Crippen LogP contribution in [-0.2, 0) is 6.54 Å². The van der Waals surface area contributed by atoms with E-state index >= 15 is 0 Å². The number of nitrogens with one attached hydrogen (secondary N) is 2. The summed E-state index contributed by atoms with van der Waals surface area (Å²) in [6.45, 7) is 1.81. The summed E-state index contributed by atoms with van der Waals surface area (Å²) in [5.74, 6) is 0.0307. The van der Waals surface area contributed by atoms with Gasteiger partial charge in [-0.3, -0.25) is 4.68 Å². The van der Waals surface area contributed by atoms with Crippen molar-refractivity contribution in [1.29, 1.82) is 0 Å². The number of aryl methyl sites for hydroxylation is 3. The Labute approximate surface area is 165 Å². The van der Waals surface area contributed by atoms with E-state index in [-0.39, 0.29) is 5.75 Å². The molecule has 2 N–H and O–H groups in total. The summed E-state index contributed by atoms with van der Waals surface area (Å²) >= 11 is 17.3. The van der Waals surface area contributed by atoms with E-state index in [4.69, 9.17) is 35.4 Å². The van der Waals surface area contributed by atoms with Gasteiger partial charge in [0, 0.05) is 13.1 Å². The third-order valence-corrected chi connectivity index (χ3v) is 4.61. The van der Waals surface area contributed by atoms with Crippen LogP contribution in [0.3, 0.4) is 0 Å². The third-order valence-electron chi connectivity index (χ3n) is 3.43. The molecule has 0 fully saturated rings. The molecule has 0 spiro atoms. The van der Waals surface area contributed by atoms with E-state index in [1.807, 2.05) is 6.92 Å². The molecule has 0 unspecified atom stereocenters. The van der Waals surface area contributed by atoms with E-state index in [1.165, 1.54) is 6.07 Å². The zero-order valence-corrected chi connectivity index (χ0v) is 16.5. The van der Waals surface area contributed by atoms with Crippen molar-refractivity contribution in [2.75, 3.05) is 11.9 Å². The summed E-state index contributed by atoms with van der Waals surface area (Å²) in [5, 5.41) is 11.3. The summed E-state index contributed by atoms with van der Waals surface area (Å²) in [7, 11) is 0. The molecule has 10 heteroatoms. The van der Waals surface area contributed by atoms with Crippen LogP contribution in [0.5, 0.6) is 5.75 Å². The Morgan fingerprint density at radius 1 is 1.35 bits per heavy atom. The van der Waals surface area contributed by atoms with Gasteiger partial charge in [-0.25, -0.2) is 0 Å². The van der Waals surface area contributed by atoms with E-state index < -0.39 is 6.61 Å². The molecule has 26 heavy (non-hydrogen) atoms. The lowest BCUT2D eigenvalue weighted by atomic mass is 10.2. The maximum Gasteiger partial charge on any atom is 0.387 e. The average Bonchev–Trinajstić information content (AvgIpc) is 2.81. The molecule has 0 radical (unpaired) electrons. The van der Waals surface area contributed by atoms with Crippen molar-refractivity contribution in [3.63, 3.8) is 0 Å². The topological polar surface area (TPSA) is 51.1 Å². The summed E-state index contributed by atoms with van der Waals surface area (Å²) in [4.78, 5) is 0. The van der Waals surface area contributed by atoms with Gasteiger partial charge in [0.2, 0.25) is 0 Å². The average molecular weight is 423 g/mol. The van der Waals surface area contributed by atoms with Crippen LogP contribution in [0, 0.1) is 13.8 Å². The van der Waals surface area contributed by atoms with Gasteiger partial charge in [0.25, 0.3) is 0 Å². The number of hydrogen-bond acceptors (Lipinski definition) is 3. The van der Waals surface area contributed by atoms with Gasteiger partial charge in [-0.2, -0.15) is 13.9 Å². The number of rotatable bonds is 7. The first-order chi connectivity index (χ1) is 12.3.